The van der Waals surface area contributed by atoms with Crippen molar-refractivity contribution < 1.29 is 9.53 Å². The molecule has 3 heterocycles. The summed E-state index contributed by atoms with van der Waals surface area (Å²) in [7, 11) is 2.03. The molecule has 2 saturated heterocycles. The highest BCUT2D eigenvalue weighted by molar-refractivity contribution is 5.94. The lowest BCUT2D eigenvalue weighted by Gasteiger charge is -2.40. The zero-order chi connectivity index (χ0) is 17.6. The van der Waals surface area contributed by atoms with Gasteiger partial charge in [0.2, 0.25) is 0 Å². The van der Waals surface area contributed by atoms with Crippen molar-refractivity contribution in [1.29, 1.82) is 0 Å². The Hall–Kier alpha value is -1.66. The number of ether oxygens (including phenoxy) is 1. The third kappa shape index (κ3) is 4.50. The highest BCUT2D eigenvalue weighted by Crippen LogP contribution is 2.20. The van der Waals surface area contributed by atoms with Crippen molar-refractivity contribution in [3.63, 3.8) is 0 Å². The predicted octanol–water partition coefficient (Wildman–Crippen LogP) is 1.86. The second kappa shape index (κ2) is 8.63. The number of carbonyl (C=O) groups is 1. The number of pyridine rings is 1. The monoisotopic (exact) mass is 346 g/mol. The van der Waals surface area contributed by atoms with Crippen LogP contribution in [0, 0.1) is 0 Å². The van der Waals surface area contributed by atoms with Crippen LogP contribution in [-0.2, 0) is 4.74 Å². The molecule has 2 aliphatic rings. The number of piperidine rings is 1. The van der Waals surface area contributed by atoms with Gasteiger partial charge in [0.25, 0.3) is 5.91 Å². The van der Waals surface area contributed by atoms with Crippen LogP contribution in [0.4, 0.5) is 5.82 Å². The lowest BCUT2D eigenvalue weighted by atomic mass is 10.0. The van der Waals surface area contributed by atoms with Crippen LogP contribution in [0.15, 0.2) is 18.3 Å². The molecule has 0 aromatic carbocycles. The summed E-state index contributed by atoms with van der Waals surface area (Å²) in [6, 6.07) is 4.45. The fourth-order valence-corrected chi connectivity index (χ4v) is 3.75. The number of rotatable bonds is 5. The Bertz CT molecular complexity index is 549. The third-order valence-electron chi connectivity index (χ3n) is 5.26. The predicted molar refractivity (Wildman–Crippen MR) is 99.1 cm³/mol. The number of hydrogen-bond donors (Lipinski definition) is 0. The van der Waals surface area contributed by atoms with E-state index >= 15 is 0 Å². The largest absolute Gasteiger partial charge is 0.379 e. The van der Waals surface area contributed by atoms with Crippen molar-refractivity contribution in [3.8, 4) is 0 Å². The SMILES string of the molecule is CCCN(C)c1ccc(C(=O)N2CCC(N3CCOCC3)CC2)cn1. The van der Waals surface area contributed by atoms with Crippen LogP contribution in [0.3, 0.4) is 0 Å². The lowest BCUT2D eigenvalue weighted by molar-refractivity contribution is 0.00158. The Balaban J connectivity index is 1.53. The van der Waals surface area contributed by atoms with E-state index in [-0.39, 0.29) is 5.91 Å². The molecule has 6 heteroatoms. The maximum Gasteiger partial charge on any atom is 0.255 e. The summed E-state index contributed by atoms with van der Waals surface area (Å²) in [5, 5.41) is 0. The number of carbonyl (C=O) groups excluding carboxylic acids is 1. The van der Waals surface area contributed by atoms with Crippen molar-refractivity contribution in [1.82, 2.24) is 14.8 Å². The first-order valence-electron chi connectivity index (χ1n) is 9.47. The van der Waals surface area contributed by atoms with E-state index in [9.17, 15) is 4.79 Å². The summed E-state index contributed by atoms with van der Waals surface area (Å²) in [6.45, 7) is 8.50. The van der Waals surface area contributed by atoms with Crippen LogP contribution in [0.2, 0.25) is 0 Å². The number of nitrogens with zero attached hydrogens (tertiary/aromatic N) is 4. The maximum atomic E-state index is 12.7. The number of amides is 1. The first-order chi connectivity index (χ1) is 12.2. The van der Waals surface area contributed by atoms with Gasteiger partial charge < -0.3 is 14.5 Å². The minimum absolute atomic E-state index is 0.109. The molecule has 0 radical (unpaired) electrons. The maximum absolute atomic E-state index is 12.7. The van der Waals surface area contributed by atoms with E-state index < -0.39 is 0 Å². The molecule has 6 nitrogen and oxygen atoms in total. The molecule has 0 unspecified atom stereocenters. The fraction of sp³-hybridized carbons (Fsp3) is 0.684. The molecule has 138 valence electrons. The molecule has 1 amide bonds. The van der Waals surface area contributed by atoms with E-state index in [1.54, 1.807) is 6.20 Å². The molecular formula is C19H30N4O2. The molecule has 1 aromatic rings. The van der Waals surface area contributed by atoms with E-state index in [2.05, 4.69) is 21.7 Å². The molecule has 2 fully saturated rings. The molecular weight excluding hydrogens is 316 g/mol. The molecule has 0 N–H and O–H groups in total. The van der Waals surface area contributed by atoms with Crippen molar-refractivity contribution in [3.05, 3.63) is 23.9 Å². The summed E-state index contributed by atoms with van der Waals surface area (Å²) >= 11 is 0. The van der Waals surface area contributed by atoms with Crippen molar-refractivity contribution in [2.75, 3.05) is 57.9 Å². The van der Waals surface area contributed by atoms with Gasteiger partial charge in [0.05, 0.1) is 18.8 Å². The van der Waals surface area contributed by atoms with Crippen molar-refractivity contribution >= 4 is 11.7 Å². The summed E-state index contributed by atoms with van der Waals surface area (Å²) < 4.78 is 5.43. The number of likely N-dealkylation sites (tertiary alicyclic amines) is 1. The second-order valence-electron chi connectivity index (χ2n) is 7.00. The molecule has 3 rings (SSSR count). The van der Waals surface area contributed by atoms with E-state index in [0.29, 0.717) is 11.6 Å². The van der Waals surface area contributed by atoms with Crippen molar-refractivity contribution in [2.24, 2.45) is 0 Å². The van der Waals surface area contributed by atoms with Gasteiger partial charge in [-0.25, -0.2) is 4.98 Å². The van der Waals surface area contributed by atoms with Gasteiger partial charge in [-0.05, 0) is 31.4 Å². The summed E-state index contributed by atoms with van der Waals surface area (Å²) in [5.74, 6) is 1.03. The molecule has 0 aliphatic carbocycles. The topological polar surface area (TPSA) is 48.9 Å². The molecule has 1 aromatic heterocycles. The standard InChI is InChI=1S/C19H30N4O2/c1-3-8-21(2)18-5-4-16(15-20-18)19(24)23-9-6-17(7-10-23)22-11-13-25-14-12-22/h4-5,15,17H,3,6-14H2,1-2H3. The number of aromatic nitrogens is 1. The fourth-order valence-electron chi connectivity index (χ4n) is 3.75. The minimum atomic E-state index is 0.109. The van der Waals surface area contributed by atoms with Crippen LogP contribution < -0.4 is 4.90 Å². The molecule has 0 spiro atoms. The molecule has 2 aliphatic heterocycles. The zero-order valence-corrected chi connectivity index (χ0v) is 15.5. The van der Waals surface area contributed by atoms with Gasteiger partial charge in [0.15, 0.2) is 0 Å². The van der Waals surface area contributed by atoms with Crippen LogP contribution in [0.1, 0.15) is 36.5 Å². The van der Waals surface area contributed by atoms with E-state index in [1.807, 2.05) is 24.1 Å². The Morgan fingerprint density at radius 1 is 1.24 bits per heavy atom. The second-order valence-corrected chi connectivity index (χ2v) is 7.00. The van der Waals surface area contributed by atoms with E-state index in [0.717, 1.165) is 71.0 Å². The van der Waals surface area contributed by atoms with Crippen LogP contribution in [0.5, 0.6) is 0 Å². The van der Waals surface area contributed by atoms with Gasteiger partial charge in [-0.3, -0.25) is 9.69 Å². The Kier molecular flexibility index (Phi) is 6.26. The Morgan fingerprint density at radius 2 is 1.96 bits per heavy atom. The summed E-state index contributed by atoms with van der Waals surface area (Å²) in [6.07, 6.45) is 4.90. The molecule has 0 atom stereocenters. The van der Waals surface area contributed by atoms with Gasteiger partial charge in [0.1, 0.15) is 5.82 Å². The number of morpholine rings is 1. The van der Waals surface area contributed by atoms with Crippen LogP contribution in [0.25, 0.3) is 0 Å². The molecule has 0 saturated carbocycles. The highest BCUT2D eigenvalue weighted by atomic mass is 16.5. The van der Waals surface area contributed by atoms with Gasteiger partial charge in [-0.1, -0.05) is 6.92 Å². The lowest BCUT2D eigenvalue weighted by Crippen LogP contribution is -2.50. The first kappa shape index (κ1) is 18.1. The van der Waals surface area contributed by atoms with Crippen LogP contribution in [-0.4, -0.2) is 79.7 Å². The summed E-state index contributed by atoms with van der Waals surface area (Å²) in [5.41, 5.74) is 0.693. The average molecular weight is 346 g/mol. The average Bonchev–Trinajstić information content (AvgIpc) is 2.68. The Morgan fingerprint density at radius 3 is 2.56 bits per heavy atom. The highest BCUT2D eigenvalue weighted by Gasteiger charge is 2.28. The molecule has 25 heavy (non-hydrogen) atoms. The smallest absolute Gasteiger partial charge is 0.255 e. The van der Waals surface area contributed by atoms with Gasteiger partial charge in [-0.2, -0.15) is 0 Å². The van der Waals surface area contributed by atoms with Gasteiger partial charge in [0, 0.05) is 52.0 Å². The minimum Gasteiger partial charge on any atom is -0.379 e. The third-order valence-corrected chi connectivity index (χ3v) is 5.26. The first-order valence-corrected chi connectivity index (χ1v) is 9.47. The van der Waals surface area contributed by atoms with Gasteiger partial charge in [-0.15, -0.1) is 0 Å². The van der Waals surface area contributed by atoms with E-state index in [1.165, 1.54) is 0 Å². The summed E-state index contributed by atoms with van der Waals surface area (Å²) in [4.78, 5) is 23.8. The zero-order valence-electron chi connectivity index (χ0n) is 15.5. The van der Waals surface area contributed by atoms with Gasteiger partial charge >= 0.3 is 0 Å². The number of anilines is 1. The van der Waals surface area contributed by atoms with Crippen LogP contribution >= 0.6 is 0 Å². The number of hydrogen-bond acceptors (Lipinski definition) is 5. The van der Waals surface area contributed by atoms with E-state index in [4.69, 9.17) is 4.74 Å². The van der Waals surface area contributed by atoms with Crippen molar-refractivity contribution in [2.45, 2.75) is 32.2 Å². The quantitative estimate of drug-likeness (QED) is 0.815. The Labute approximate surface area is 150 Å². The normalized spacial score (nSPS) is 19.8. The molecule has 0 bridgehead atoms.